The molecule has 0 saturated heterocycles. The van der Waals surface area contributed by atoms with Crippen molar-refractivity contribution in [2.75, 3.05) is 17.7 Å². The van der Waals surface area contributed by atoms with E-state index in [4.69, 9.17) is 4.98 Å². The number of aromatic nitrogens is 2. The summed E-state index contributed by atoms with van der Waals surface area (Å²) in [4.78, 5) is 10.7. The second kappa shape index (κ2) is 6.02. The number of hydrogen-bond acceptors (Lipinski definition) is 5. The lowest BCUT2D eigenvalue weighted by atomic mass is 9.95. The fourth-order valence-corrected chi connectivity index (χ4v) is 2.78. The van der Waals surface area contributed by atoms with Crippen LogP contribution in [0.1, 0.15) is 50.0 Å². The summed E-state index contributed by atoms with van der Waals surface area (Å²) in [5, 5.41) is 8.78. The van der Waals surface area contributed by atoms with E-state index in [-0.39, 0.29) is 11.5 Å². The Labute approximate surface area is 131 Å². The van der Waals surface area contributed by atoms with E-state index in [9.17, 15) is 0 Å². The van der Waals surface area contributed by atoms with Crippen LogP contribution >= 0.6 is 11.3 Å². The highest BCUT2D eigenvalue weighted by Crippen LogP contribution is 2.29. The second-order valence-electron chi connectivity index (χ2n) is 6.25. The fourth-order valence-electron chi connectivity index (χ4n) is 2.05. The molecular formula is C16H24N4S. The highest BCUT2D eigenvalue weighted by Gasteiger charge is 2.21. The summed E-state index contributed by atoms with van der Waals surface area (Å²) >= 11 is 1.75. The Kier molecular flexibility index (Phi) is 4.52. The van der Waals surface area contributed by atoms with Crippen LogP contribution < -0.4 is 10.6 Å². The van der Waals surface area contributed by atoms with Gasteiger partial charge in [0.05, 0.1) is 6.04 Å². The minimum absolute atomic E-state index is 0.0814. The minimum atomic E-state index is -0.0814. The number of anilines is 2. The fraction of sp³-hybridized carbons (Fsp3) is 0.500. The van der Waals surface area contributed by atoms with E-state index in [0.717, 1.165) is 23.0 Å². The maximum absolute atomic E-state index is 4.74. The van der Waals surface area contributed by atoms with Crippen LogP contribution in [0, 0.1) is 6.92 Å². The van der Waals surface area contributed by atoms with Gasteiger partial charge in [-0.1, -0.05) is 26.8 Å². The van der Waals surface area contributed by atoms with Crippen LogP contribution in [-0.2, 0) is 5.41 Å². The summed E-state index contributed by atoms with van der Waals surface area (Å²) in [5.41, 5.74) is 0.968. The summed E-state index contributed by atoms with van der Waals surface area (Å²) in [6.07, 6.45) is 0. The van der Waals surface area contributed by atoms with Gasteiger partial charge in [-0.2, -0.15) is 0 Å². The van der Waals surface area contributed by atoms with E-state index >= 15 is 0 Å². The minimum Gasteiger partial charge on any atom is -0.373 e. The highest BCUT2D eigenvalue weighted by atomic mass is 32.1. The normalized spacial score (nSPS) is 13.0. The number of nitrogens with zero attached hydrogens (tertiary/aromatic N) is 2. The van der Waals surface area contributed by atoms with Crippen molar-refractivity contribution in [2.45, 2.75) is 46.1 Å². The third-order valence-electron chi connectivity index (χ3n) is 3.38. The van der Waals surface area contributed by atoms with E-state index in [2.05, 4.69) is 60.8 Å². The van der Waals surface area contributed by atoms with E-state index in [1.54, 1.807) is 11.3 Å². The van der Waals surface area contributed by atoms with Gasteiger partial charge in [-0.3, -0.25) is 0 Å². The van der Waals surface area contributed by atoms with E-state index < -0.39 is 0 Å². The average molecular weight is 304 g/mol. The van der Waals surface area contributed by atoms with E-state index in [0.29, 0.717) is 0 Å². The van der Waals surface area contributed by atoms with Crippen LogP contribution in [0.15, 0.2) is 17.5 Å². The largest absolute Gasteiger partial charge is 0.373 e. The Morgan fingerprint density at radius 2 is 1.86 bits per heavy atom. The van der Waals surface area contributed by atoms with Gasteiger partial charge in [-0.15, -0.1) is 11.3 Å². The smallest absolute Gasteiger partial charge is 0.138 e. The predicted molar refractivity (Wildman–Crippen MR) is 91.4 cm³/mol. The topological polar surface area (TPSA) is 49.8 Å². The third kappa shape index (κ3) is 3.53. The molecule has 0 saturated carbocycles. The molecule has 0 aliphatic carbocycles. The molecule has 2 rings (SSSR count). The summed E-state index contributed by atoms with van der Waals surface area (Å²) in [5.74, 6) is 2.63. The molecule has 5 heteroatoms. The van der Waals surface area contributed by atoms with Crippen molar-refractivity contribution in [3.05, 3.63) is 33.8 Å². The van der Waals surface area contributed by atoms with Crippen molar-refractivity contribution in [3.63, 3.8) is 0 Å². The summed E-state index contributed by atoms with van der Waals surface area (Å²) in [6, 6.07) is 4.45. The van der Waals surface area contributed by atoms with Crippen LogP contribution in [-0.4, -0.2) is 17.0 Å². The lowest BCUT2D eigenvalue weighted by molar-refractivity contribution is 0.546. The highest BCUT2D eigenvalue weighted by molar-refractivity contribution is 7.10. The molecule has 21 heavy (non-hydrogen) atoms. The number of hydrogen-bond donors (Lipinski definition) is 2. The lowest BCUT2D eigenvalue weighted by Crippen LogP contribution is -2.20. The van der Waals surface area contributed by atoms with Gasteiger partial charge in [0.1, 0.15) is 17.5 Å². The van der Waals surface area contributed by atoms with Gasteiger partial charge in [0.25, 0.3) is 0 Å². The molecule has 114 valence electrons. The summed E-state index contributed by atoms with van der Waals surface area (Å²) in [6.45, 7) is 10.6. The van der Waals surface area contributed by atoms with Crippen molar-refractivity contribution in [3.8, 4) is 0 Å². The van der Waals surface area contributed by atoms with Crippen molar-refractivity contribution in [2.24, 2.45) is 0 Å². The quantitative estimate of drug-likeness (QED) is 0.881. The Bertz CT molecular complexity index is 599. The molecule has 2 N–H and O–H groups in total. The maximum atomic E-state index is 4.74. The van der Waals surface area contributed by atoms with Crippen molar-refractivity contribution < 1.29 is 0 Å². The molecule has 2 aromatic heterocycles. The lowest BCUT2D eigenvalue weighted by Gasteiger charge is -2.22. The standard InChI is InChI=1S/C16H24N4S/c1-10-13(17-6)19-15(16(3,4)5)20-14(10)18-11(2)12-8-7-9-21-12/h7-9,11H,1-6H3,(H2,17,18,19,20). The van der Waals surface area contributed by atoms with Crippen LogP contribution in [0.25, 0.3) is 0 Å². The molecule has 1 atom stereocenters. The predicted octanol–water partition coefficient (Wildman–Crippen LogP) is 4.36. The zero-order chi connectivity index (χ0) is 15.6. The summed E-state index contributed by atoms with van der Waals surface area (Å²) < 4.78 is 0. The first kappa shape index (κ1) is 15.8. The van der Waals surface area contributed by atoms with Crippen LogP contribution in [0.2, 0.25) is 0 Å². The molecule has 2 aromatic rings. The molecule has 2 heterocycles. The first-order chi connectivity index (χ1) is 9.82. The van der Waals surface area contributed by atoms with Crippen molar-refractivity contribution >= 4 is 23.0 Å². The Balaban J connectivity index is 2.38. The van der Waals surface area contributed by atoms with E-state index in [1.807, 2.05) is 14.0 Å². The van der Waals surface area contributed by atoms with Crippen LogP contribution in [0.4, 0.5) is 11.6 Å². The molecule has 1 unspecified atom stereocenters. The Morgan fingerprint density at radius 3 is 2.38 bits per heavy atom. The van der Waals surface area contributed by atoms with Crippen molar-refractivity contribution in [1.29, 1.82) is 0 Å². The molecular weight excluding hydrogens is 280 g/mol. The van der Waals surface area contributed by atoms with Gasteiger partial charge in [0.15, 0.2) is 0 Å². The summed E-state index contributed by atoms with van der Waals surface area (Å²) in [7, 11) is 1.90. The molecule has 0 aliphatic heterocycles. The zero-order valence-electron chi connectivity index (χ0n) is 13.6. The number of nitrogens with one attached hydrogen (secondary N) is 2. The molecule has 0 aliphatic rings. The van der Waals surface area contributed by atoms with Gasteiger partial charge in [0, 0.05) is 22.9 Å². The molecule has 0 aromatic carbocycles. The monoisotopic (exact) mass is 304 g/mol. The third-order valence-corrected chi connectivity index (χ3v) is 4.43. The van der Waals surface area contributed by atoms with Gasteiger partial charge in [0.2, 0.25) is 0 Å². The second-order valence-corrected chi connectivity index (χ2v) is 7.23. The molecule has 0 bridgehead atoms. The Morgan fingerprint density at radius 1 is 1.19 bits per heavy atom. The molecule has 0 spiro atoms. The van der Waals surface area contributed by atoms with Crippen LogP contribution in [0.3, 0.4) is 0 Å². The first-order valence-corrected chi connectivity index (χ1v) is 8.07. The average Bonchev–Trinajstić information content (AvgIpc) is 2.93. The van der Waals surface area contributed by atoms with E-state index in [1.165, 1.54) is 4.88 Å². The Hall–Kier alpha value is -1.62. The molecule has 0 radical (unpaired) electrons. The van der Waals surface area contributed by atoms with Crippen molar-refractivity contribution in [1.82, 2.24) is 9.97 Å². The van der Waals surface area contributed by atoms with Gasteiger partial charge in [-0.05, 0) is 25.3 Å². The molecule has 0 fully saturated rings. The number of thiophene rings is 1. The van der Waals surface area contributed by atoms with Gasteiger partial charge in [-0.25, -0.2) is 9.97 Å². The zero-order valence-corrected chi connectivity index (χ0v) is 14.4. The van der Waals surface area contributed by atoms with Gasteiger partial charge >= 0.3 is 0 Å². The SMILES string of the molecule is CNc1nc(C(C)(C)C)nc(NC(C)c2cccs2)c1C. The molecule has 0 amide bonds. The number of rotatable bonds is 4. The molecule has 4 nitrogen and oxygen atoms in total. The first-order valence-electron chi connectivity index (χ1n) is 7.19. The van der Waals surface area contributed by atoms with Gasteiger partial charge < -0.3 is 10.6 Å². The maximum Gasteiger partial charge on any atom is 0.138 e. The van der Waals surface area contributed by atoms with Crippen LogP contribution in [0.5, 0.6) is 0 Å².